The van der Waals surface area contributed by atoms with Crippen molar-refractivity contribution >= 4 is 11.6 Å². The molecule has 0 aliphatic carbocycles. The van der Waals surface area contributed by atoms with Gasteiger partial charge in [-0.25, -0.2) is 4.98 Å². The summed E-state index contributed by atoms with van der Waals surface area (Å²) in [5.74, 6) is 1.67. The highest BCUT2D eigenvalue weighted by Gasteiger charge is 2.34. The van der Waals surface area contributed by atoms with E-state index in [1.807, 2.05) is 0 Å². The Balaban J connectivity index is 2.00. The fourth-order valence-corrected chi connectivity index (χ4v) is 2.80. The van der Waals surface area contributed by atoms with E-state index in [9.17, 15) is 0 Å². The van der Waals surface area contributed by atoms with Gasteiger partial charge in [0.05, 0.1) is 18.0 Å². The van der Waals surface area contributed by atoms with Gasteiger partial charge in [-0.2, -0.15) is 0 Å². The fourth-order valence-electron chi connectivity index (χ4n) is 2.80. The minimum absolute atomic E-state index is 0.0304. The van der Waals surface area contributed by atoms with Crippen LogP contribution in [0.25, 0.3) is 0 Å². The monoisotopic (exact) mass is 278 g/mol. The molecule has 1 fully saturated rings. The first-order valence-electron chi connectivity index (χ1n) is 7.67. The van der Waals surface area contributed by atoms with E-state index in [1.54, 1.807) is 12.4 Å². The lowest BCUT2D eigenvalue weighted by molar-refractivity contribution is -0.0864. The van der Waals surface area contributed by atoms with Crippen LogP contribution in [-0.4, -0.2) is 34.8 Å². The van der Waals surface area contributed by atoms with Crippen LogP contribution >= 0.6 is 0 Å². The summed E-state index contributed by atoms with van der Waals surface area (Å²) < 4.78 is 6.01. The molecular weight excluding hydrogens is 252 g/mol. The molecule has 2 N–H and O–H groups in total. The van der Waals surface area contributed by atoms with E-state index in [0.29, 0.717) is 6.04 Å². The van der Waals surface area contributed by atoms with Crippen molar-refractivity contribution in [3.63, 3.8) is 0 Å². The first-order chi connectivity index (χ1) is 9.71. The summed E-state index contributed by atoms with van der Waals surface area (Å²) in [6, 6.07) is 0.412. The van der Waals surface area contributed by atoms with E-state index >= 15 is 0 Å². The average Bonchev–Trinajstić information content (AvgIpc) is 2.48. The van der Waals surface area contributed by atoms with Crippen LogP contribution in [0.5, 0.6) is 0 Å². The third-order valence-corrected chi connectivity index (χ3v) is 4.13. The van der Waals surface area contributed by atoms with E-state index in [4.69, 9.17) is 4.74 Å². The summed E-state index contributed by atoms with van der Waals surface area (Å²) >= 11 is 0. The van der Waals surface area contributed by atoms with Gasteiger partial charge in [0.2, 0.25) is 0 Å². The maximum absolute atomic E-state index is 6.01. The molecule has 1 unspecified atom stereocenters. The maximum Gasteiger partial charge on any atom is 0.147 e. The van der Waals surface area contributed by atoms with Crippen molar-refractivity contribution in [3.05, 3.63) is 12.4 Å². The molecule has 5 nitrogen and oxygen atoms in total. The highest BCUT2D eigenvalue weighted by Crippen LogP contribution is 2.32. The molecule has 20 heavy (non-hydrogen) atoms. The number of anilines is 2. The molecule has 0 amide bonds. The van der Waals surface area contributed by atoms with E-state index in [0.717, 1.165) is 50.5 Å². The number of rotatable bonds is 6. The summed E-state index contributed by atoms with van der Waals surface area (Å²) in [5.41, 5.74) is 0.0304. The first kappa shape index (κ1) is 15.0. The Morgan fingerprint density at radius 3 is 2.70 bits per heavy atom. The van der Waals surface area contributed by atoms with Crippen molar-refractivity contribution in [1.82, 2.24) is 9.97 Å². The van der Waals surface area contributed by atoms with Gasteiger partial charge in [-0.05, 0) is 32.6 Å². The minimum atomic E-state index is 0.0304. The Kier molecular flexibility index (Phi) is 5.17. The van der Waals surface area contributed by atoms with Crippen LogP contribution in [0.15, 0.2) is 12.4 Å². The first-order valence-corrected chi connectivity index (χ1v) is 7.67. The number of ether oxygens (including phenoxy) is 1. The molecule has 0 spiro atoms. The minimum Gasteiger partial charge on any atom is -0.375 e. The van der Waals surface area contributed by atoms with Crippen molar-refractivity contribution < 1.29 is 4.74 Å². The van der Waals surface area contributed by atoms with Crippen LogP contribution in [0.2, 0.25) is 0 Å². The van der Waals surface area contributed by atoms with E-state index in [2.05, 4.69) is 41.4 Å². The van der Waals surface area contributed by atoms with Crippen LogP contribution in [0.4, 0.5) is 11.6 Å². The molecule has 1 saturated heterocycles. The van der Waals surface area contributed by atoms with Crippen molar-refractivity contribution in [3.8, 4) is 0 Å². The molecular formula is C15H26N4O. The van der Waals surface area contributed by atoms with Crippen molar-refractivity contribution in [2.24, 2.45) is 0 Å². The number of aromatic nitrogens is 2. The molecule has 0 bridgehead atoms. The largest absolute Gasteiger partial charge is 0.375 e. The zero-order valence-corrected chi connectivity index (χ0v) is 12.8. The predicted molar refractivity (Wildman–Crippen MR) is 82.1 cm³/mol. The van der Waals surface area contributed by atoms with Crippen molar-refractivity contribution in [1.29, 1.82) is 0 Å². The van der Waals surface area contributed by atoms with Gasteiger partial charge in [0.25, 0.3) is 0 Å². The molecule has 1 aliphatic rings. The van der Waals surface area contributed by atoms with Crippen molar-refractivity contribution in [2.45, 2.75) is 58.1 Å². The van der Waals surface area contributed by atoms with Gasteiger partial charge in [0.1, 0.15) is 11.6 Å². The van der Waals surface area contributed by atoms with Gasteiger partial charge in [-0.3, -0.25) is 4.98 Å². The smallest absolute Gasteiger partial charge is 0.147 e. The molecule has 5 heteroatoms. The highest BCUT2D eigenvalue weighted by atomic mass is 16.5. The van der Waals surface area contributed by atoms with E-state index in [-0.39, 0.29) is 5.60 Å². The maximum atomic E-state index is 6.01. The summed E-state index contributed by atoms with van der Waals surface area (Å²) in [4.78, 5) is 8.76. The molecule has 1 aromatic heterocycles. The molecule has 0 radical (unpaired) electrons. The standard InChI is InChI=1S/C15H26N4O/c1-4-15(5-2)9-12(7-8-20-15)18-14-11-16-10-13(19-14)17-6-3/h10-12H,4-9H2,1-3H3,(H2,17,18,19). The number of nitrogens with one attached hydrogen (secondary N) is 2. The van der Waals surface area contributed by atoms with Gasteiger partial charge in [-0.15, -0.1) is 0 Å². The van der Waals surface area contributed by atoms with Gasteiger partial charge in [-0.1, -0.05) is 13.8 Å². The molecule has 1 aliphatic heterocycles. The Morgan fingerprint density at radius 1 is 1.25 bits per heavy atom. The van der Waals surface area contributed by atoms with Crippen molar-refractivity contribution in [2.75, 3.05) is 23.8 Å². The highest BCUT2D eigenvalue weighted by molar-refractivity contribution is 5.42. The van der Waals surface area contributed by atoms with Crippen LogP contribution in [0, 0.1) is 0 Å². The Morgan fingerprint density at radius 2 is 2.00 bits per heavy atom. The molecule has 0 saturated carbocycles. The summed E-state index contributed by atoms with van der Waals surface area (Å²) in [6.07, 6.45) is 7.72. The number of nitrogens with zero attached hydrogens (tertiary/aromatic N) is 2. The van der Waals surface area contributed by atoms with E-state index in [1.165, 1.54) is 0 Å². The molecule has 0 aromatic carbocycles. The quantitative estimate of drug-likeness (QED) is 0.837. The second-order valence-corrected chi connectivity index (χ2v) is 5.39. The SMILES string of the molecule is CCNc1cncc(NC2CCOC(CC)(CC)C2)n1. The van der Waals surface area contributed by atoms with Crippen LogP contribution in [0.3, 0.4) is 0 Å². The third kappa shape index (κ3) is 3.60. The number of hydrogen-bond donors (Lipinski definition) is 2. The molecule has 1 atom stereocenters. The normalized spacial score (nSPS) is 21.4. The lowest BCUT2D eigenvalue weighted by Gasteiger charge is -2.40. The topological polar surface area (TPSA) is 59.1 Å². The third-order valence-electron chi connectivity index (χ3n) is 4.13. The average molecular weight is 278 g/mol. The van der Waals surface area contributed by atoms with Crippen LogP contribution < -0.4 is 10.6 Å². The summed E-state index contributed by atoms with van der Waals surface area (Å²) in [6.45, 7) is 8.13. The summed E-state index contributed by atoms with van der Waals surface area (Å²) in [7, 11) is 0. The fraction of sp³-hybridized carbons (Fsp3) is 0.733. The van der Waals surface area contributed by atoms with Crippen LogP contribution in [0.1, 0.15) is 46.5 Å². The molecule has 2 rings (SSSR count). The second-order valence-electron chi connectivity index (χ2n) is 5.39. The lowest BCUT2D eigenvalue weighted by Crippen LogP contribution is -2.43. The second kappa shape index (κ2) is 6.88. The number of hydrogen-bond acceptors (Lipinski definition) is 5. The van der Waals surface area contributed by atoms with Crippen LogP contribution in [-0.2, 0) is 4.74 Å². The van der Waals surface area contributed by atoms with Gasteiger partial charge < -0.3 is 15.4 Å². The van der Waals surface area contributed by atoms with Gasteiger partial charge in [0.15, 0.2) is 0 Å². The molecule has 2 heterocycles. The van der Waals surface area contributed by atoms with E-state index < -0.39 is 0 Å². The van der Waals surface area contributed by atoms with Gasteiger partial charge in [0, 0.05) is 19.2 Å². The Bertz CT molecular complexity index is 420. The lowest BCUT2D eigenvalue weighted by atomic mass is 9.86. The Hall–Kier alpha value is -1.36. The Labute approximate surface area is 121 Å². The summed E-state index contributed by atoms with van der Waals surface area (Å²) in [5, 5.41) is 6.69. The molecule has 1 aromatic rings. The zero-order valence-electron chi connectivity index (χ0n) is 12.8. The predicted octanol–water partition coefficient (Wildman–Crippen LogP) is 3.06. The van der Waals surface area contributed by atoms with Gasteiger partial charge >= 0.3 is 0 Å². The molecule has 112 valence electrons. The zero-order chi connectivity index (χ0) is 14.4.